The van der Waals surface area contributed by atoms with Crippen LogP contribution >= 0.6 is 10.8 Å². The number of alkyl halides is 3. The summed E-state index contributed by atoms with van der Waals surface area (Å²) >= 11 is 0. The first-order valence-electron chi connectivity index (χ1n) is 16.1. The molecular weight excluding hydrogens is 653 g/mol. The molecule has 3 heterocycles. The highest BCUT2D eigenvalue weighted by molar-refractivity contribution is 8.22. The molecule has 0 bridgehead atoms. The van der Waals surface area contributed by atoms with Crippen LogP contribution in [0, 0.1) is 19.8 Å². The van der Waals surface area contributed by atoms with Crippen molar-refractivity contribution in [3.8, 4) is 0 Å². The van der Waals surface area contributed by atoms with Crippen molar-refractivity contribution < 1.29 is 27.1 Å². The molecule has 0 radical (unpaired) electrons. The second-order valence-electron chi connectivity index (χ2n) is 12.8. The van der Waals surface area contributed by atoms with Gasteiger partial charge in [-0.1, -0.05) is 42.5 Å². The Morgan fingerprint density at radius 3 is 2.61 bits per heavy atom. The Bertz CT molecular complexity index is 2000. The molecule has 49 heavy (non-hydrogen) atoms. The van der Waals surface area contributed by atoms with Crippen LogP contribution < -0.4 is 5.32 Å². The van der Waals surface area contributed by atoms with Crippen LogP contribution in [0.5, 0.6) is 0 Å². The number of amides is 1. The Kier molecular flexibility index (Phi) is 9.55. The van der Waals surface area contributed by atoms with Gasteiger partial charge in [0.25, 0.3) is 0 Å². The molecule has 9 nitrogen and oxygen atoms in total. The highest BCUT2D eigenvalue weighted by atomic mass is 32.3. The largest absolute Gasteiger partial charge is 0.416 e. The topological polar surface area (TPSA) is 116 Å². The average molecular weight is 693 g/mol. The van der Waals surface area contributed by atoms with Crippen LogP contribution in [-0.4, -0.2) is 45.8 Å². The molecule has 6 rings (SSSR count). The Labute approximate surface area is 284 Å². The minimum Gasteiger partial charge on any atom is -0.325 e. The number of halogens is 3. The minimum atomic E-state index is -4.62. The molecule has 1 aliphatic heterocycles. The van der Waals surface area contributed by atoms with Gasteiger partial charge < -0.3 is 5.32 Å². The molecule has 1 amide bonds. The van der Waals surface area contributed by atoms with E-state index in [4.69, 9.17) is 0 Å². The third-order valence-electron chi connectivity index (χ3n) is 9.25. The lowest BCUT2D eigenvalue weighted by molar-refractivity contribution is -0.137. The van der Waals surface area contributed by atoms with E-state index < -0.39 is 28.4 Å². The number of pyridine rings is 1. The lowest BCUT2D eigenvalue weighted by atomic mass is 9.84. The van der Waals surface area contributed by atoms with Gasteiger partial charge in [-0.15, -0.1) is 15.9 Å². The van der Waals surface area contributed by atoms with E-state index in [0.717, 1.165) is 51.0 Å². The van der Waals surface area contributed by atoms with Gasteiger partial charge in [-0.05, 0) is 96.8 Å². The summed E-state index contributed by atoms with van der Waals surface area (Å²) < 4.78 is 67.6. The fourth-order valence-electron chi connectivity index (χ4n) is 6.64. The van der Waals surface area contributed by atoms with Crippen molar-refractivity contribution in [1.29, 1.82) is 0 Å². The molecule has 1 aliphatic rings. The van der Waals surface area contributed by atoms with Gasteiger partial charge in [0.15, 0.2) is 0 Å². The first kappa shape index (κ1) is 34.6. The van der Waals surface area contributed by atoms with Crippen molar-refractivity contribution in [2.75, 3.05) is 11.9 Å². The number of rotatable bonds is 8. The Morgan fingerprint density at radius 2 is 1.90 bits per heavy atom. The molecular formula is C36H39F3N6O3S. The summed E-state index contributed by atoms with van der Waals surface area (Å²) in [7, 11) is -3.77. The molecule has 0 aliphatic carbocycles. The van der Waals surface area contributed by atoms with E-state index in [2.05, 4.69) is 20.6 Å². The second kappa shape index (κ2) is 13.5. The van der Waals surface area contributed by atoms with Crippen molar-refractivity contribution in [3.05, 3.63) is 112 Å². The van der Waals surface area contributed by atoms with Crippen molar-refractivity contribution in [2.24, 2.45) is 5.92 Å². The molecule has 2 atom stereocenters. The van der Waals surface area contributed by atoms with E-state index in [-0.39, 0.29) is 36.2 Å². The number of carbonyl (C=O) groups is 1. The SMILES string of the molecule is CCn1nnc2c(C)c(C(CC(=O)Nc3cccnc3)c3ccc(C)c(CN4CC(C)Cc5ccc(C(F)(F)F)cc5S4(O)O)c3)ccc21. The van der Waals surface area contributed by atoms with Crippen molar-refractivity contribution in [3.63, 3.8) is 0 Å². The van der Waals surface area contributed by atoms with Gasteiger partial charge in [0.05, 0.1) is 27.9 Å². The first-order valence-corrected chi connectivity index (χ1v) is 17.6. The summed E-state index contributed by atoms with van der Waals surface area (Å²) in [4.78, 5) is 17.5. The molecule has 5 aromatic rings. The summed E-state index contributed by atoms with van der Waals surface area (Å²) in [5, 5.41) is 11.6. The van der Waals surface area contributed by atoms with Crippen LogP contribution in [0.25, 0.3) is 11.0 Å². The number of carbonyl (C=O) groups excluding carboxylic acids is 1. The predicted octanol–water partition coefficient (Wildman–Crippen LogP) is 8.36. The highest BCUT2D eigenvalue weighted by Crippen LogP contribution is 2.57. The number of nitrogens with one attached hydrogen (secondary N) is 1. The summed E-state index contributed by atoms with van der Waals surface area (Å²) in [6.45, 7) is 8.82. The van der Waals surface area contributed by atoms with E-state index in [1.54, 1.807) is 24.5 Å². The molecule has 2 aromatic heterocycles. The number of aryl methyl sites for hydroxylation is 3. The maximum absolute atomic E-state index is 13.7. The molecule has 0 spiro atoms. The number of nitrogens with zero attached hydrogens (tertiary/aromatic N) is 5. The van der Waals surface area contributed by atoms with Crippen LogP contribution in [0.1, 0.15) is 65.1 Å². The Hall–Kier alpha value is -4.30. The first-order chi connectivity index (χ1) is 23.3. The third-order valence-corrected chi connectivity index (χ3v) is 11.2. The number of anilines is 1. The van der Waals surface area contributed by atoms with E-state index in [1.165, 1.54) is 10.4 Å². The Morgan fingerprint density at radius 1 is 1.10 bits per heavy atom. The van der Waals surface area contributed by atoms with E-state index in [9.17, 15) is 27.1 Å². The van der Waals surface area contributed by atoms with Gasteiger partial charge in [-0.25, -0.2) is 4.68 Å². The summed E-state index contributed by atoms with van der Waals surface area (Å²) in [5.74, 6) is -0.683. The van der Waals surface area contributed by atoms with Crippen molar-refractivity contribution in [2.45, 2.75) is 70.6 Å². The van der Waals surface area contributed by atoms with Gasteiger partial charge in [-0.2, -0.15) is 17.5 Å². The number of aromatic nitrogens is 4. The van der Waals surface area contributed by atoms with Crippen LogP contribution in [-0.2, 0) is 30.5 Å². The molecule has 0 saturated carbocycles. The van der Waals surface area contributed by atoms with E-state index in [0.29, 0.717) is 24.2 Å². The zero-order valence-corrected chi connectivity index (χ0v) is 28.5. The number of hydrogen-bond acceptors (Lipinski definition) is 7. The van der Waals surface area contributed by atoms with E-state index >= 15 is 0 Å². The molecule has 13 heteroatoms. The Balaban J connectivity index is 1.39. The molecule has 2 unspecified atom stereocenters. The second-order valence-corrected chi connectivity index (χ2v) is 14.7. The van der Waals surface area contributed by atoms with Crippen molar-refractivity contribution in [1.82, 2.24) is 24.3 Å². The van der Waals surface area contributed by atoms with Gasteiger partial charge in [0.1, 0.15) is 5.52 Å². The maximum Gasteiger partial charge on any atom is 0.416 e. The van der Waals surface area contributed by atoms with Crippen LogP contribution in [0.3, 0.4) is 0 Å². The number of hydrogen-bond donors (Lipinski definition) is 3. The standard InChI is InChI=1S/C36H39F3N6O3S/c1-5-45-32-13-12-30(24(4)35(32)42-43-45)31(18-34(46)41-29-7-6-14-40-19-29)25-9-8-23(3)27(16-25)21-44-20-22(2)15-26-10-11-28(36(37,38)39)17-33(26)49(44,47)48/h6-14,16-17,19,22,31,47-48H,5,15,18,20-21H2,1-4H3,(H,41,46). The smallest absolute Gasteiger partial charge is 0.325 e. The quantitative estimate of drug-likeness (QED) is 0.150. The summed E-state index contributed by atoms with van der Waals surface area (Å²) in [6, 6.07) is 16.5. The zero-order valence-electron chi connectivity index (χ0n) is 27.7. The lowest BCUT2D eigenvalue weighted by Crippen LogP contribution is -2.30. The van der Waals surface area contributed by atoms with E-state index in [1.807, 2.05) is 62.7 Å². The maximum atomic E-state index is 13.7. The molecule has 258 valence electrons. The van der Waals surface area contributed by atoms with Gasteiger partial charge in [-0.3, -0.25) is 18.9 Å². The van der Waals surface area contributed by atoms with Crippen LogP contribution in [0.15, 0.2) is 78.0 Å². The summed E-state index contributed by atoms with van der Waals surface area (Å²) in [5.41, 5.74) is 6.05. The fraction of sp³-hybridized carbons (Fsp3) is 0.333. The van der Waals surface area contributed by atoms with Gasteiger partial charge >= 0.3 is 6.18 Å². The normalized spacial score (nSPS) is 17.7. The summed E-state index contributed by atoms with van der Waals surface area (Å²) in [6.07, 6.45) is -0.912. The third kappa shape index (κ3) is 7.07. The predicted molar refractivity (Wildman–Crippen MR) is 184 cm³/mol. The average Bonchev–Trinajstić information content (AvgIpc) is 3.45. The number of benzene rings is 3. The van der Waals surface area contributed by atoms with Gasteiger partial charge in [0.2, 0.25) is 5.91 Å². The van der Waals surface area contributed by atoms with Crippen LogP contribution in [0.4, 0.5) is 18.9 Å². The minimum absolute atomic E-state index is 0.0533. The molecule has 3 aromatic carbocycles. The lowest BCUT2D eigenvalue weighted by Gasteiger charge is -2.43. The van der Waals surface area contributed by atoms with Crippen molar-refractivity contribution >= 4 is 33.4 Å². The zero-order chi connectivity index (χ0) is 35.1. The fourth-order valence-corrected chi connectivity index (χ4v) is 8.49. The van der Waals surface area contributed by atoms with Gasteiger partial charge in [0, 0.05) is 38.2 Å². The molecule has 0 saturated heterocycles. The number of fused-ring (bicyclic) bond motifs is 2. The molecule has 3 N–H and O–H groups in total. The monoisotopic (exact) mass is 692 g/mol. The highest BCUT2D eigenvalue weighted by Gasteiger charge is 2.37. The molecule has 0 fully saturated rings. The van der Waals surface area contributed by atoms with Crippen LogP contribution in [0.2, 0.25) is 0 Å².